The summed E-state index contributed by atoms with van der Waals surface area (Å²) in [4.78, 5) is 19.7. The van der Waals surface area contributed by atoms with Crippen LogP contribution in [0.2, 0.25) is 0 Å². The zero-order chi connectivity index (χ0) is 21.6. The summed E-state index contributed by atoms with van der Waals surface area (Å²) in [6, 6.07) is 12.4. The number of hydrogen-bond acceptors (Lipinski definition) is 6. The molecule has 0 saturated carbocycles. The highest BCUT2D eigenvalue weighted by atomic mass is 16.1. The van der Waals surface area contributed by atoms with Crippen molar-refractivity contribution >= 4 is 17.5 Å². The van der Waals surface area contributed by atoms with Crippen LogP contribution in [-0.4, -0.2) is 66.8 Å². The molecule has 166 valence electrons. The summed E-state index contributed by atoms with van der Waals surface area (Å²) in [7, 11) is 0. The van der Waals surface area contributed by atoms with Gasteiger partial charge in [-0.05, 0) is 44.0 Å². The quantitative estimate of drug-likeness (QED) is 0.772. The van der Waals surface area contributed by atoms with Crippen molar-refractivity contribution in [3.05, 3.63) is 47.5 Å². The van der Waals surface area contributed by atoms with Crippen molar-refractivity contribution in [2.75, 3.05) is 55.6 Å². The maximum absolute atomic E-state index is 12.7. The van der Waals surface area contributed by atoms with Crippen molar-refractivity contribution < 1.29 is 4.79 Å². The molecule has 7 heteroatoms. The number of nitrogens with one attached hydrogen (secondary N) is 1. The first-order chi connectivity index (χ1) is 15.1. The molecule has 2 aliphatic heterocycles. The summed E-state index contributed by atoms with van der Waals surface area (Å²) in [6.07, 6.45) is 1.91. The van der Waals surface area contributed by atoms with Crippen molar-refractivity contribution in [3.63, 3.8) is 0 Å². The molecule has 1 aromatic carbocycles. The van der Waals surface area contributed by atoms with E-state index < -0.39 is 0 Å². The van der Waals surface area contributed by atoms with E-state index in [1.54, 1.807) is 0 Å². The van der Waals surface area contributed by atoms with Gasteiger partial charge in [0.25, 0.3) is 0 Å². The second kappa shape index (κ2) is 10.1. The second-order valence-electron chi connectivity index (χ2n) is 8.66. The molecule has 2 saturated heterocycles. The van der Waals surface area contributed by atoms with E-state index in [2.05, 4.69) is 80.5 Å². The number of anilines is 2. The minimum Gasteiger partial charge on any atom is -0.354 e. The summed E-state index contributed by atoms with van der Waals surface area (Å²) in [5.74, 6) is 1.93. The Morgan fingerprint density at radius 1 is 0.968 bits per heavy atom. The van der Waals surface area contributed by atoms with Crippen LogP contribution >= 0.6 is 0 Å². The third-order valence-electron chi connectivity index (χ3n) is 6.48. The topological polar surface area (TPSA) is 64.6 Å². The maximum atomic E-state index is 12.7. The molecular weight excluding hydrogens is 388 g/mol. The van der Waals surface area contributed by atoms with Crippen molar-refractivity contribution in [1.29, 1.82) is 0 Å². The molecule has 1 N–H and O–H groups in total. The Bertz CT molecular complexity index is 845. The highest BCUT2D eigenvalue weighted by Gasteiger charge is 2.27. The molecule has 2 aromatic rings. The van der Waals surface area contributed by atoms with Gasteiger partial charge < -0.3 is 20.0 Å². The van der Waals surface area contributed by atoms with Gasteiger partial charge in [-0.15, -0.1) is 10.2 Å². The van der Waals surface area contributed by atoms with Crippen molar-refractivity contribution in [3.8, 4) is 0 Å². The van der Waals surface area contributed by atoms with Gasteiger partial charge >= 0.3 is 0 Å². The fraction of sp³-hybridized carbons (Fsp3) is 0.542. The van der Waals surface area contributed by atoms with Crippen molar-refractivity contribution in [2.24, 2.45) is 5.92 Å². The predicted octanol–water partition coefficient (Wildman–Crippen LogP) is 2.46. The van der Waals surface area contributed by atoms with E-state index in [0.29, 0.717) is 13.1 Å². The van der Waals surface area contributed by atoms with Crippen LogP contribution in [0.4, 0.5) is 11.6 Å². The number of carbonyl (C=O) groups excluding carboxylic acids is 1. The largest absolute Gasteiger partial charge is 0.354 e. The van der Waals surface area contributed by atoms with Gasteiger partial charge in [0, 0.05) is 45.8 Å². The van der Waals surface area contributed by atoms with E-state index in [1.165, 1.54) is 5.56 Å². The molecule has 0 aliphatic carbocycles. The summed E-state index contributed by atoms with van der Waals surface area (Å²) in [5, 5.41) is 12.1. The van der Waals surface area contributed by atoms with Crippen LogP contribution in [0.3, 0.4) is 0 Å². The first kappa shape index (κ1) is 21.6. The van der Waals surface area contributed by atoms with Crippen LogP contribution in [0.5, 0.6) is 0 Å². The third-order valence-corrected chi connectivity index (χ3v) is 6.48. The number of rotatable bonds is 6. The summed E-state index contributed by atoms with van der Waals surface area (Å²) in [5.41, 5.74) is 2.36. The van der Waals surface area contributed by atoms with Crippen LogP contribution < -0.4 is 15.1 Å². The van der Waals surface area contributed by atoms with Crippen LogP contribution in [0.15, 0.2) is 36.4 Å². The van der Waals surface area contributed by atoms with E-state index in [0.717, 1.165) is 69.3 Å². The monoisotopic (exact) mass is 422 g/mol. The van der Waals surface area contributed by atoms with Gasteiger partial charge in [-0.3, -0.25) is 4.79 Å². The number of aromatic nitrogens is 2. The highest BCUT2D eigenvalue weighted by Crippen LogP contribution is 2.23. The Labute approximate surface area is 185 Å². The van der Waals surface area contributed by atoms with E-state index in [4.69, 9.17) is 0 Å². The molecule has 1 atom stereocenters. The minimum absolute atomic E-state index is 0.0113. The lowest BCUT2D eigenvalue weighted by atomic mass is 9.97. The van der Waals surface area contributed by atoms with E-state index in [9.17, 15) is 4.79 Å². The number of amides is 1. The molecule has 7 nitrogen and oxygen atoms in total. The highest BCUT2D eigenvalue weighted by molar-refractivity contribution is 5.79. The van der Waals surface area contributed by atoms with Gasteiger partial charge in [0.05, 0.1) is 5.92 Å². The van der Waals surface area contributed by atoms with E-state index >= 15 is 0 Å². The van der Waals surface area contributed by atoms with Gasteiger partial charge in [0.15, 0.2) is 11.6 Å². The molecule has 0 bridgehead atoms. The molecule has 4 rings (SSSR count). The molecule has 1 aromatic heterocycles. The van der Waals surface area contributed by atoms with E-state index in [-0.39, 0.29) is 11.8 Å². The van der Waals surface area contributed by atoms with Gasteiger partial charge in [-0.1, -0.05) is 36.8 Å². The number of carbonyl (C=O) groups is 1. The number of hydrogen-bond donors (Lipinski definition) is 1. The SMILES string of the molecule is CCN1CCN(c2ccc(N3CCC[C@@H](C(=O)NCc4ccc(C)cc4)C3)nn2)CC1. The Morgan fingerprint density at radius 3 is 2.29 bits per heavy atom. The lowest BCUT2D eigenvalue weighted by molar-refractivity contribution is -0.125. The number of nitrogens with zero attached hydrogens (tertiary/aromatic N) is 5. The standard InChI is InChI=1S/C24H34N6O/c1-3-28-13-15-29(16-14-28)22-10-11-23(27-26-22)30-12-4-5-21(18-30)24(31)25-17-20-8-6-19(2)7-9-20/h6-11,21H,3-5,12-18H2,1-2H3,(H,25,31)/t21-/m1/s1. The zero-order valence-corrected chi connectivity index (χ0v) is 18.8. The molecule has 2 fully saturated rings. The molecule has 1 amide bonds. The Hall–Kier alpha value is -2.67. The number of piperidine rings is 1. The molecule has 0 unspecified atom stereocenters. The van der Waals surface area contributed by atoms with Crippen LogP contribution in [0.1, 0.15) is 30.9 Å². The van der Waals surface area contributed by atoms with Crippen LogP contribution in [0.25, 0.3) is 0 Å². The molecule has 31 heavy (non-hydrogen) atoms. The minimum atomic E-state index is -0.0113. The zero-order valence-electron chi connectivity index (χ0n) is 18.8. The third kappa shape index (κ3) is 5.53. The second-order valence-corrected chi connectivity index (χ2v) is 8.66. The Balaban J connectivity index is 1.30. The number of piperazine rings is 1. The molecule has 2 aliphatic rings. The molecule has 3 heterocycles. The lowest BCUT2D eigenvalue weighted by Crippen LogP contribution is -2.46. The molecule has 0 spiro atoms. The average molecular weight is 423 g/mol. The van der Waals surface area contributed by atoms with Gasteiger partial charge in [-0.25, -0.2) is 0 Å². The van der Waals surface area contributed by atoms with Gasteiger partial charge in [-0.2, -0.15) is 0 Å². The smallest absolute Gasteiger partial charge is 0.225 e. The first-order valence-corrected chi connectivity index (χ1v) is 11.5. The average Bonchev–Trinajstić information content (AvgIpc) is 2.84. The fourth-order valence-electron chi connectivity index (χ4n) is 4.39. The Morgan fingerprint density at radius 2 is 1.65 bits per heavy atom. The maximum Gasteiger partial charge on any atom is 0.225 e. The fourth-order valence-corrected chi connectivity index (χ4v) is 4.39. The van der Waals surface area contributed by atoms with Crippen molar-refractivity contribution in [2.45, 2.75) is 33.2 Å². The lowest BCUT2D eigenvalue weighted by Gasteiger charge is -2.35. The molecule has 0 radical (unpaired) electrons. The summed E-state index contributed by atoms with van der Waals surface area (Å²) >= 11 is 0. The number of aryl methyl sites for hydroxylation is 1. The number of benzene rings is 1. The predicted molar refractivity (Wildman–Crippen MR) is 124 cm³/mol. The summed E-state index contributed by atoms with van der Waals surface area (Å²) < 4.78 is 0. The first-order valence-electron chi connectivity index (χ1n) is 11.5. The van der Waals surface area contributed by atoms with Crippen molar-refractivity contribution in [1.82, 2.24) is 20.4 Å². The van der Waals surface area contributed by atoms with Gasteiger partial charge in [0.2, 0.25) is 5.91 Å². The summed E-state index contributed by atoms with van der Waals surface area (Å²) in [6.45, 7) is 11.7. The Kier molecular flexibility index (Phi) is 7.02. The van der Waals surface area contributed by atoms with Gasteiger partial charge in [0.1, 0.15) is 0 Å². The van der Waals surface area contributed by atoms with Crippen LogP contribution in [0, 0.1) is 12.8 Å². The van der Waals surface area contributed by atoms with E-state index in [1.807, 2.05) is 0 Å². The normalized spacial score (nSPS) is 20.0. The molecular formula is C24H34N6O. The number of likely N-dealkylation sites (N-methyl/N-ethyl adjacent to an activating group) is 1. The van der Waals surface area contributed by atoms with Crippen LogP contribution in [-0.2, 0) is 11.3 Å².